The summed E-state index contributed by atoms with van der Waals surface area (Å²) in [5.41, 5.74) is 8.14. The molecule has 1 unspecified atom stereocenters. The fourth-order valence-electron chi connectivity index (χ4n) is 3.18. The number of rotatable bonds is 5. The van der Waals surface area contributed by atoms with E-state index in [0.29, 0.717) is 12.5 Å². The highest BCUT2D eigenvalue weighted by Gasteiger charge is 2.15. The lowest BCUT2D eigenvalue weighted by Gasteiger charge is -2.17. The maximum Gasteiger partial charge on any atom is 0.189 e. The van der Waals surface area contributed by atoms with Crippen molar-refractivity contribution in [3.8, 4) is 0 Å². The number of hydrogen-bond donors (Lipinski definition) is 2. The van der Waals surface area contributed by atoms with Crippen LogP contribution in [0.4, 0.5) is 5.82 Å². The van der Waals surface area contributed by atoms with Crippen molar-refractivity contribution in [1.82, 2.24) is 10.3 Å². The quantitative estimate of drug-likeness (QED) is 0.637. The van der Waals surface area contributed by atoms with E-state index in [0.717, 1.165) is 56.2 Å². The number of nitrogens with two attached hydrogens (primary N) is 1. The van der Waals surface area contributed by atoms with E-state index in [4.69, 9.17) is 10.5 Å². The second kappa shape index (κ2) is 7.64. The topological polar surface area (TPSA) is 75.8 Å². The molecule has 0 spiro atoms. The molecule has 2 saturated heterocycles. The van der Waals surface area contributed by atoms with E-state index < -0.39 is 0 Å². The molecule has 3 rings (SSSR count). The number of aliphatic imine (C=N–C) groups is 1. The van der Waals surface area contributed by atoms with Crippen LogP contribution in [-0.4, -0.2) is 43.3 Å². The molecule has 1 atom stereocenters. The van der Waals surface area contributed by atoms with Gasteiger partial charge in [-0.2, -0.15) is 0 Å². The Morgan fingerprint density at radius 1 is 1.39 bits per heavy atom. The standard InChI is InChI=1S/C17H27N5O/c1-13-9-14(10-16(21-13)22-6-2-3-7-22)11-19-17(18)20-12-15-5-4-8-23-15/h9-10,15H,2-8,11-12H2,1H3,(H3,18,19,20). The first-order valence-electron chi connectivity index (χ1n) is 8.58. The molecule has 0 saturated carbocycles. The van der Waals surface area contributed by atoms with Gasteiger partial charge in [0.1, 0.15) is 5.82 Å². The molecule has 2 aliphatic heterocycles. The summed E-state index contributed by atoms with van der Waals surface area (Å²) < 4.78 is 5.57. The summed E-state index contributed by atoms with van der Waals surface area (Å²) in [5.74, 6) is 1.55. The molecule has 23 heavy (non-hydrogen) atoms. The number of pyridine rings is 1. The average Bonchev–Trinajstić information content (AvgIpc) is 3.23. The van der Waals surface area contributed by atoms with Crippen molar-refractivity contribution >= 4 is 11.8 Å². The minimum absolute atomic E-state index is 0.272. The van der Waals surface area contributed by atoms with Crippen LogP contribution in [0.5, 0.6) is 0 Å². The number of nitrogens with zero attached hydrogens (tertiary/aromatic N) is 3. The zero-order chi connectivity index (χ0) is 16.1. The van der Waals surface area contributed by atoms with Gasteiger partial charge >= 0.3 is 0 Å². The van der Waals surface area contributed by atoms with Gasteiger partial charge in [0.2, 0.25) is 0 Å². The third-order valence-corrected chi connectivity index (χ3v) is 4.40. The van der Waals surface area contributed by atoms with Crippen LogP contribution >= 0.6 is 0 Å². The van der Waals surface area contributed by atoms with Crippen LogP contribution < -0.4 is 16.0 Å². The summed E-state index contributed by atoms with van der Waals surface area (Å²) in [7, 11) is 0. The summed E-state index contributed by atoms with van der Waals surface area (Å²) in [6.07, 6.45) is 5.02. The fraction of sp³-hybridized carbons (Fsp3) is 0.647. The van der Waals surface area contributed by atoms with Crippen LogP contribution in [0.1, 0.15) is 36.9 Å². The lowest BCUT2D eigenvalue weighted by Crippen LogP contribution is -2.37. The molecule has 3 heterocycles. The zero-order valence-corrected chi connectivity index (χ0v) is 13.9. The van der Waals surface area contributed by atoms with Crippen molar-refractivity contribution in [3.63, 3.8) is 0 Å². The van der Waals surface area contributed by atoms with Crippen LogP contribution in [0.3, 0.4) is 0 Å². The summed E-state index contributed by atoms with van der Waals surface area (Å²) >= 11 is 0. The van der Waals surface area contributed by atoms with Crippen molar-refractivity contribution in [2.75, 3.05) is 31.1 Å². The van der Waals surface area contributed by atoms with E-state index in [1.54, 1.807) is 0 Å². The van der Waals surface area contributed by atoms with Gasteiger partial charge in [-0.3, -0.25) is 0 Å². The Hall–Kier alpha value is -1.82. The molecular formula is C17H27N5O. The van der Waals surface area contributed by atoms with Crippen LogP contribution in [0, 0.1) is 6.92 Å². The predicted octanol–water partition coefficient (Wildman–Crippen LogP) is 1.57. The number of anilines is 1. The Balaban J connectivity index is 1.56. The maximum absolute atomic E-state index is 5.96. The van der Waals surface area contributed by atoms with Crippen LogP contribution in [0.15, 0.2) is 17.1 Å². The summed E-state index contributed by atoms with van der Waals surface area (Å²) in [6, 6.07) is 4.21. The highest BCUT2D eigenvalue weighted by atomic mass is 16.5. The Morgan fingerprint density at radius 2 is 2.22 bits per heavy atom. The molecule has 126 valence electrons. The summed E-state index contributed by atoms with van der Waals surface area (Å²) in [6.45, 7) is 6.41. The van der Waals surface area contributed by atoms with E-state index in [1.165, 1.54) is 12.8 Å². The van der Waals surface area contributed by atoms with Crippen LogP contribution in [0.2, 0.25) is 0 Å². The number of aryl methyl sites for hydroxylation is 1. The Kier molecular flexibility index (Phi) is 5.33. The molecule has 0 aliphatic carbocycles. The van der Waals surface area contributed by atoms with Crippen LogP contribution in [-0.2, 0) is 11.3 Å². The van der Waals surface area contributed by atoms with Crippen molar-refractivity contribution in [3.05, 3.63) is 23.4 Å². The molecule has 6 heteroatoms. The molecule has 0 bridgehead atoms. The second-order valence-electron chi connectivity index (χ2n) is 6.39. The second-order valence-corrected chi connectivity index (χ2v) is 6.39. The molecule has 1 aromatic heterocycles. The average molecular weight is 317 g/mol. The third kappa shape index (κ3) is 4.58. The molecule has 2 aliphatic rings. The first kappa shape index (κ1) is 16.1. The number of aromatic nitrogens is 1. The van der Waals surface area contributed by atoms with Gasteiger partial charge in [-0.1, -0.05) is 0 Å². The maximum atomic E-state index is 5.96. The Bertz CT molecular complexity index is 548. The van der Waals surface area contributed by atoms with Crippen LogP contribution in [0.25, 0.3) is 0 Å². The molecule has 0 amide bonds. The Labute approximate surface area is 138 Å². The van der Waals surface area contributed by atoms with E-state index in [2.05, 4.69) is 32.3 Å². The fourth-order valence-corrected chi connectivity index (χ4v) is 3.18. The lowest BCUT2D eigenvalue weighted by atomic mass is 10.2. The molecule has 6 nitrogen and oxygen atoms in total. The molecule has 0 radical (unpaired) electrons. The monoisotopic (exact) mass is 317 g/mol. The van der Waals surface area contributed by atoms with Gasteiger partial charge in [0.15, 0.2) is 5.96 Å². The van der Waals surface area contributed by atoms with Gasteiger partial charge in [0.05, 0.1) is 12.6 Å². The summed E-state index contributed by atoms with van der Waals surface area (Å²) in [5, 5.41) is 3.16. The molecule has 3 N–H and O–H groups in total. The molecule has 1 aromatic rings. The van der Waals surface area contributed by atoms with Gasteiger partial charge in [0, 0.05) is 31.9 Å². The largest absolute Gasteiger partial charge is 0.376 e. The lowest BCUT2D eigenvalue weighted by molar-refractivity contribution is 0.114. The highest BCUT2D eigenvalue weighted by molar-refractivity contribution is 5.77. The van der Waals surface area contributed by atoms with Crippen molar-refractivity contribution < 1.29 is 4.74 Å². The van der Waals surface area contributed by atoms with E-state index >= 15 is 0 Å². The highest BCUT2D eigenvalue weighted by Crippen LogP contribution is 2.20. The van der Waals surface area contributed by atoms with E-state index in [9.17, 15) is 0 Å². The third-order valence-electron chi connectivity index (χ3n) is 4.40. The van der Waals surface area contributed by atoms with Gasteiger partial charge < -0.3 is 20.7 Å². The van der Waals surface area contributed by atoms with E-state index in [-0.39, 0.29) is 6.10 Å². The predicted molar refractivity (Wildman–Crippen MR) is 92.7 cm³/mol. The van der Waals surface area contributed by atoms with Crippen molar-refractivity contribution in [2.24, 2.45) is 10.7 Å². The van der Waals surface area contributed by atoms with Crippen molar-refractivity contribution in [1.29, 1.82) is 0 Å². The first-order chi connectivity index (χ1) is 11.2. The van der Waals surface area contributed by atoms with Crippen molar-refractivity contribution in [2.45, 2.75) is 45.3 Å². The van der Waals surface area contributed by atoms with Gasteiger partial charge in [-0.15, -0.1) is 0 Å². The molecule has 2 fully saturated rings. The number of ether oxygens (including phenoxy) is 1. The number of nitrogens with one attached hydrogen (secondary N) is 1. The molecular weight excluding hydrogens is 290 g/mol. The van der Waals surface area contributed by atoms with E-state index in [1.807, 2.05) is 6.92 Å². The minimum atomic E-state index is 0.272. The van der Waals surface area contributed by atoms with Gasteiger partial charge in [-0.05, 0) is 50.3 Å². The SMILES string of the molecule is Cc1cc(CN=C(N)NCC2CCCO2)cc(N2CCCC2)n1. The zero-order valence-electron chi connectivity index (χ0n) is 13.9. The molecule has 0 aromatic carbocycles. The number of hydrogen-bond acceptors (Lipinski definition) is 4. The Morgan fingerprint density at radius 3 is 2.96 bits per heavy atom. The van der Waals surface area contributed by atoms with Gasteiger partial charge in [-0.25, -0.2) is 9.98 Å². The summed E-state index contributed by atoms with van der Waals surface area (Å²) in [4.78, 5) is 11.4. The minimum Gasteiger partial charge on any atom is -0.376 e. The normalized spacial score (nSPS) is 21.9. The number of guanidine groups is 1. The first-order valence-corrected chi connectivity index (χ1v) is 8.58. The van der Waals surface area contributed by atoms with Gasteiger partial charge in [0.25, 0.3) is 0 Å². The smallest absolute Gasteiger partial charge is 0.189 e.